The molecule has 1 heterocycles. The van der Waals surface area contributed by atoms with Crippen molar-refractivity contribution in [3.63, 3.8) is 0 Å². The zero-order valence-corrected chi connectivity index (χ0v) is 13.5. The number of carbonyl (C=O) groups is 2. The van der Waals surface area contributed by atoms with E-state index in [4.69, 9.17) is 9.47 Å². The van der Waals surface area contributed by atoms with Gasteiger partial charge >= 0.3 is 5.97 Å². The van der Waals surface area contributed by atoms with Gasteiger partial charge in [0, 0.05) is 0 Å². The molecule has 2 aromatic carbocycles. The van der Waals surface area contributed by atoms with Gasteiger partial charge in [-0.15, -0.1) is 0 Å². The Hall–Kier alpha value is -2.82. The van der Waals surface area contributed by atoms with Crippen LogP contribution in [0.5, 0.6) is 5.75 Å². The van der Waals surface area contributed by atoms with Gasteiger partial charge in [-0.25, -0.2) is 0 Å². The number of carbonyl (C=O) groups excluding carboxylic acids is 2. The first kappa shape index (κ1) is 16.1. The van der Waals surface area contributed by atoms with Crippen molar-refractivity contribution in [1.29, 1.82) is 0 Å². The summed E-state index contributed by atoms with van der Waals surface area (Å²) in [4.78, 5) is 26.0. The smallest absolute Gasteiger partial charge is 0.326 e. The Morgan fingerprint density at radius 2 is 1.88 bits per heavy atom. The molecule has 0 fully saturated rings. The molecule has 0 aliphatic carbocycles. The molecule has 0 radical (unpaired) electrons. The molecule has 5 nitrogen and oxygen atoms in total. The summed E-state index contributed by atoms with van der Waals surface area (Å²) in [5, 5.41) is 0. The Bertz CT molecular complexity index is 729. The van der Waals surface area contributed by atoms with Crippen LogP contribution in [0.2, 0.25) is 0 Å². The van der Waals surface area contributed by atoms with Crippen LogP contribution in [0, 0.1) is 0 Å². The summed E-state index contributed by atoms with van der Waals surface area (Å²) in [6, 6.07) is 16.7. The molecule has 0 saturated heterocycles. The highest BCUT2D eigenvalue weighted by atomic mass is 16.5. The average Bonchev–Trinajstić information content (AvgIpc) is 2.75. The van der Waals surface area contributed by atoms with Crippen molar-refractivity contribution < 1.29 is 19.1 Å². The molecular formula is C19H19NO4. The third-order valence-electron chi connectivity index (χ3n) is 3.90. The molecule has 5 heteroatoms. The number of esters is 1. The molecule has 1 aliphatic heterocycles. The first-order valence-corrected chi connectivity index (χ1v) is 7.92. The minimum Gasteiger partial charge on any atom is -0.491 e. The predicted octanol–water partition coefficient (Wildman–Crippen LogP) is 3.11. The van der Waals surface area contributed by atoms with Gasteiger partial charge in [-0.1, -0.05) is 42.5 Å². The van der Waals surface area contributed by atoms with Crippen LogP contribution in [-0.2, 0) is 14.3 Å². The summed E-state index contributed by atoms with van der Waals surface area (Å²) in [6.45, 7) is 1.99. The normalized spacial score (nSPS) is 15.0. The maximum atomic E-state index is 12.3. The quantitative estimate of drug-likeness (QED) is 0.811. The molecule has 1 amide bonds. The van der Waals surface area contributed by atoms with Crippen LogP contribution in [-0.4, -0.2) is 25.0 Å². The lowest BCUT2D eigenvalue weighted by Gasteiger charge is -2.22. The standard InChI is InChI=1S/C19H19NO4/c1-14(15-7-3-2-4-8-15)24-19(22)13-20-16-9-5-6-10-17(16)23-12-11-18(20)21/h2-10,14H,11-13H2,1H3/t14-/m0/s1. The highest BCUT2D eigenvalue weighted by Gasteiger charge is 2.26. The van der Waals surface area contributed by atoms with E-state index in [2.05, 4.69) is 0 Å². The van der Waals surface area contributed by atoms with Crippen molar-refractivity contribution in [3.8, 4) is 5.75 Å². The Morgan fingerprint density at radius 3 is 2.67 bits per heavy atom. The Kier molecular flexibility index (Phi) is 4.79. The van der Waals surface area contributed by atoms with Crippen molar-refractivity contribution in [2.24, 2.45) is 0 Å². The minimum absolute atomic E-state index is 0.129. The van der Waals surface area contributed by atoms with E-state index in [0.29, 0.717) is 18.0 Å². The number of hydrogen-bond donors (Lipinski definition) is 0. The van der Waals surface area contributed by atoms with Gasteiger partial charge in [0.2, 0.25) is 5.91 Å². The average molecular weight is 325 g/mol. The van der Waals surface area contributed by atoms with Crippen LogP contribution in [0.4, 0.5) is 5.69 Å². The lowest BCUT2D eigenvalue weighted by Crippen LogP contribution is -2.36. The molecule has 24 heavy (non-hydrogen) atoms. The van der Waals surface area contributed by atoms with E-state index in [1.807, 2.05) is 49.4 Å². The summed E-state index contributed by atoms with van der Waals surface area (Å²) in [7, 11) is 0. The van der Waals surface area contributed by atoms with Gasteiger partial charge in [-0.3, -0.25) is 14.5 Å². The summed E-state index contributed by atoms with van der Waals surface area (Å²) in [5.74, 6) is 0.00734. The van der Waals surface area contributed by atoms with Gasteiger partial charge in [-0.2, -0.15) is 0 Å². The molecule has 0 N–H and O–H groups in total. The fraction of sp³-hybridized carbons (Fsp3) is 0.263. The number of nitrogens with zero attached hydrogens (tertiary/aromatic N) is 1. The lowest BCUT2D eigenvalue weighted by atomic mass is 10.1. The van der Waals surface area contributed by atoms with Crippen LogP contribution in [0.1, 0.15) is 25.0 Å². The number of fused-ring (bicyclic) bond motifs is 1. The Labute approximate surface area is 140 Å². The van der Waals surface area contributed by atoms with Crippen LogP contribution in [0.15, 0.2) is 54.6 Å². The third kappa shape index (κ3) is 3.56. The van der Waals surface area contributed by atoms with Crippen molar-refractivity contribution >= 4 is 17.6 Å². The van der Waals surface area contributed by atoms with Gasteiger partial charge in [0.25, 0.3) is 0 Å². The molecular weight excluding hydrogens is 306 g/mol. The van der Waals surface area contributed by atoms with E-state index in [1.54, 1.807) is 12.1 Å². The zero-order valence-electron chi connectivity index (χ0n) is 13.5. The van der Waals surface area contributed by atoms with Crippen LogP contribution in [0.3, 0.4) is 0 Å². The number of hydrogen-bond acceptors (Lipinski definition) is 4. The lowest BCUT2D eigenvalue weighted by molar-refractivity contribution is -0.147. The van der Waals surface area contributed by atoms with Gasteiger partial charge in [-0.05, 0) is 24.6 Å². The SMILES string of the molecule is C[C@H](OC(=O)CN1C(=O)CCOc2ccccc21)c1ccccc1. The summed E-state index contributed by atoms with van der Waals surface area (Å²) < 4.78 is 11.0. The molecule has 124 valence electrons. The van der Waals surface area contributed by atoms with Crippen molar-refractivity contribution in [1.82, 2.24) is 0 Å². The predicted molar refractivity (Wildman–Crippen MR) is 89.9 cm³/mol. The number of anilines is 1. The molecule has 1 atom stereocenters. The summed E-state index contributed by atoms with van der Waals surface area (Å²) in [6.07, 6.45) is -0.136. The maximum absolute atomic E-state index is 12.3. The Balaban J connectivity index is 1.72. The first-order valence-electron chi connectivity index (χ1n) is 7.92. The van der Waals surface area contributed by atoms with Gasteiger partial charge < -0.3 is 9.47 Å². The first-order chi connectivity index (χ1) is 11.6. The highest BCUT2D eigenvalue weighted by Crippen LogP contribution is 2.31. The second kappa shape index (κ2) is 7.17. The highest BCUT2D eigenvalue weighted by molar-refractivity contribution is 5.99. The number of para-hydroxylation sites is 2. The largest absolute Gasteiger partial charge is 0.491 e. The summed E-state index contributed by atoms with van der Waals surface area (Å²) >= 11 is 0. The van der Waals surface area contributed by atoms with Crippen molar-refractivity contribution in [3.05, 3.63) is 60.2 Å². The van der Waals surface area contributed by atoms with Gasteiger partial charge in [0.05, 0.1) is 18.7 Å². The molecule has 3 rings (SSSR count). The van der Waals surface area contributed by atoms with E-state index in [1.165, 1.54) is 4.90 Å². The molecule has 0 aromatic heterocycles. The van der Waals surface area contributed by atoms with E-state index < -0.39 is 5.97 Å². The van der Waals surface area contributed by atoms with Crippen LogP contribution in [0.25, 0.3) is 0 Å². The number of rotatable bonds is 4. The molecule has 2 aromatic rings. The van der Waals surface area contributed by atoms with Gasteiger partial charge in [0.1, 0.15) is 18.4 Å². The third-order valence-corrected chi connectivity index (χ3v) is 3.90. The van der Waals surface area contributed by atoms with Crippen molar-refractivity contribution in [2.45, 2.75) is 19.4 Å². The zero-order chi connectivity index (χ0) is 16.9. The number of benzene rings is 2. The molecule has 0 unspecified atom stereocenters. The maximum Gasteiger partial charge on any atom is 0.326 e. The number of amides is 1. The van der Waals surface area contributed by atoms with Crippen LogP contribution >= 0.6 is 0 Å². The summed E-state index contributed by atoms with van der Waals surface area (Å²) in [5.41, 5.74) is 1.51. The molecule has 1 aliphatic rings. The molecule has 0 saturated carbocycles. The molecule has 0 bridgehead atoms. The molecule has 0 spiro atoms. The Morgan fingerprint density at radius 1 is 1.17 bits per heavy atom. The van der Waals surface area contributed by atoms with Gasteiger partial charge in [0.15, 0.2) is 0 Å². The second-order valence-electron chi connectivity index (χ2n) is 5.59. The van der Waals surface area contributed by atoms with E-state index >= 15 is 0 Å². The second-order valence-corrected chi connectivity index (χ2v) is 5.59. The van der Waals surface area contributed by atoms with E-state index in [0.717, 1.165) is 5.56 Å². The van der Waals surface area contributed by atoms with Crippen molar-refractivity contribution in [2.75, 3.05) is 18.1 Å². The number of ether oxygens (including phenoxy) is 2. The fourth-order valence-corrected chi connectivity index (χ4v) is 2.65. The minimum atomic E-state index is -0.448. The van der Waals surface area contributed by atoms with E-state index in [-0.39, 0.29) is 25.0 Å². The topological polar surface area (TPSA) is 55.8 Å². The monoisotopic (exact) mass is 325 g/mol. The van der Waals surface area contributed by atoms with Crippen LogP contribution < -0.4 is 9.64 Å². The fourth-order valence-electron chi connectivity index (χ4n) is 2.65. The van der Waals surface area contributed by atoms with E-state index in [9.17, 15) is 9.59 Å².